The third-order valence-electron chi connectivity index (χ3n) is 4.01. The van der Waals surface area contributed by atoms with E-state index >= 15 is 0 Å². The Bertz CT molecular complexity index is 770. The molecule has 0 aliphatic carbocycles. The molecule has 1 unspecified atom stereocenters. The zero-order valence-corrected chi connectivity index (χ0v) is 13.1. The highest BCUT2D eigenvalue weighted by Gasteiger charge is 2.42. The van der Waals surface area contributed by atoms with Gasteiger partial charge in [-0.05, 0) is 31.3 Å². The van der Waals surface area contributed by atoms with Crippen LogP contribution in [0.4, 0.5) is 10.1 Å². The van der Waals surface area contributed by atoms with E-state index in [1.807, 2.05) is 0 Å². The number of carbonyl (C=O) groups is 2. The number of anilines is 1. The number of benzene rings is 1. The second kappa shape index (κ2) is 6.00. The number of rotatable bonds is 4. The number of aromatic nitrogens is 2. The Morgan fingerprint density at radius 2 is 2.08 bits per heavy atom. The summed E-state index contributed by atoms with van der Waals surface area (Å²) in [6.45, 7) is 0.111. The number of nitrogens with zero attached hydrogens (tertiary/aromatic N) is 4. The first kappa shape index (κ1) is 16.1. The van der Waals surface area contributed by atoms with Crippen molar-refractivity contribution in [1.82, 2.24) is 10.2 Å². The van der Waals surface area contributed by atoms with Gasteiger partial charge in [-0.3, -0.25) is 14.5 Å². The van der Waals surface area contributed by atoms with E-state index in [0.29, 0.717) is 5.69 Å². The molecular formula is C15H15FN4O4. The van der Waals surface area contributed by atoms with Crippen LogP contribution in [0.3, 0.4) is 0 Å². The van der Waals surface area contributed by atoms with Gasteiger partial charge in [0.15, 0.2) is 13.0 Å². The fourth-order valence-electron chi connectivity index (χ4n) is 2.67. The van der Waals surface area contributed by atoms with E-state index in [1.54, 1.807) is 19.0 Å². The van der Waals surface area contributed by atoms with Crippen molar-refractivity contribution >= 4 is 17.5 Å². The van der Waals surface area contributed by atoms with Crippen LogP contribution in [0.25, 0.3) is 0 Å². The first-order chi connectivity index (χ1) is 11.4. The van der Waals surface area contributed by atoms with Crippen LogP contribution in [0.1, 0.15) is 12.1 Å². The second-order valence-electron chi connectivity index (χ2n) is 5.61. The molecule has 1 saturated heterocycles. The Labute approximate surface area is 136 Å². The maximum Gasteiger partial charge on any atom is 0.251 e. The molecule has 0 radical (unpaired) electrons. The van der Waals surface area contributed by atoms with Gasteiger partial charge in [-0.2, -0.15) is 0 Å². The second-order valence-corrected chi connectivity index (χ2v) is 5.61. The minimum Gasteiger partial charge on any atom is -0.539 e. The van der Waals surface area contributed by atoms with Crippen LogP contribution in [0.2, 0.25) is 0 Å². The molecule has 24 heavy (non-hydrogen) atoms. The van der Waals surface area contributed by atoms with Crippen LogP contribution >= 0.6 is 0 Å². The van der Waals surface area contributed by atoms with Gasteiger partial charge in [-0.1, -0.05) is 4.68 Å². The lowest BCUT2D eigenvalue weighted by atomic mass is 10.2. The van der Waals surface area contributed by atoms with Crippen molar-refractivity contribution in [1.29, 1.82) is 0 Å². The first-order valence-electron chi connectivity index (χ1n) is 7.23. The van der Waals surface area contributed by atoms with Gasteiger partial charge in [0, 0.05) is 0 Å². The average molecular weight is 334 g/mol. The average Bonchev–Trinajstić information content (AvgIpc) is 3.02. The summed E-state index contributed by atoms with van der Waals surface area (Å²) in [5, 5.41) is 15.1. The fourth-order valence-corrected chi connectivity index (χ4v) is 2.67. The van der Waals surface area contributed by atoms with Crippen LogP contribution in [0.15, 0.2) is 28.8 Å². The summed E-state index contributed by atoms with van der Waals surface area (Å²) in [7, 11) is 3.19. The third kappa shape index (κ3) is 2.73. The minimum absolute atomic E-state index is 0.0180. The monoisotopic (exact) mass is 334 g/mol. The number of imide groups is 1. The Hall–Kier alpha value is -2.81. The fraction of sp³-hybridized carbons (Fsp3) is 0.333. The molecule has 1 aromatic carbocycles. The van der Waals surface area contributed by atoms with E-state index in [-0.39, 0.29) is 24.6 Å². The van der Waals surface area contributed by atoms with Gasteiger partial charge in [0.25, 0.3) is 5.91 Å². The van der Waals surface area contributed by atoms with Gasteiger partial charge < -0.3 is 9.63 Å². The quantitative estimate of drug-likeness (QED) is 0.551. The maximum absolute atomic E-state index is 13.0. The minimum atomic E-state index is -0.711. The van der Waals surface area contributed by atoms with Crippen LogP contribution in [0, 0.1) is 5.82 Å². The Morgan fingerprint density at radius 1 is 1.42 bits per heavy atom. The molecule has 0 saturated carbocycles. The molecule has 0 spiro atoms. The maximum atomic E-state index is 13.0. The number of hydrogen-bond donors (Lipinski definition) is 0. The van der Waals surface area contributed by atoms with Gasteiger partial charge in [-0.25, -0.2) is 9.29 Å². The van der Waals surface area contributed by atoms with Crippen LogP contribution in [-0.2, 0) is 23.2 Å². The van der Waals surface area contributed by atoms with E-state index in [4.69, 9.17) is 0 Å². The third-order valence-corrected chi connectivity index (χ3v) is 4.01. The largest absolute Gasteiger partial charge is 0.539 e. The van der Waals surface area contributed by atoms with Crippen molar-refractivity contribution < 1.29 is 28.3 Å². The van der Waals surface area contributed by atoms with E-state index in [9.17, 15) is 19.1 Å². The SMILES string of the molecule is CN(Cc1c([O-])on[n+]1C)C1CC(=O)N(c2ccc(F)cc2)C1=O. The highest BCUT2D eigenvalue weighted by Crippen LogP contribution is 2.26. The smallest absolute Gasteiger partial charge is 0.251 e. The van der Waals surface area contributed by atoms with Gasteiger partial charge in [-0.15, -0.1) is 0 Å². The number of carbonyl (C=O) groups excluding carboxylic acids is 2. The molecule has 0 N–H and O–H groups in total. The molecule has 1 atom stereocenters. The number of halogens is 1. The molecule has 1 fully saturated rings. The molecule has 2 amide bonds. The number of likely N-dealkylation sites (N-methyl/N-ethyl adjacent to an activating group) is 1. The summed E-state index contributed by atoms with van der Waals surface area (Å²) in [6.07, 6.45) is -0.0180. The summed E-state index contributed by atoms with van der Waals surface area (Å²) in [6, 6.07) is 4.42. The molecule has 2 aromatic rings. The molecule has 126 valence electrons. The van der Waals surface area contributed by atoms with Crippen molar-refractivity contribution in [2.45, 2.75) is 19.0 Å². The van der Waals surface area contributed by atoms with Gasteiger partial charge >= 0.3 is 0 Å². The molecule has 8 nitrogen and oxygen atoms in total. The van der Waals surface area contributed by atoms with E-state index in [2.05, 4.69) is 9.79 Å². The molecule has 3 rings (SSSR count). The van der Waals surface area contributed by atoms with Crippen molar-refractivity contribution in [3.05, 3.63) is 35.8 Å². The summed E-state index contributed by atoms with van der Waals surface area (Å²) in [4.78, 5) is 27.4. The molecule has 1 aliphatic rings. The zero-order valence-electron chi connectivity index (χ0n) is 13.1. The summed E-state index contributed by atoms with van der Waals surface area (Å²) in [5.74, 6) is -1.83. The number of hydrogen-bond acceptors (Lipinski definition) is 6. The molecule has 9 heteroatoms. The summed E-state index contributed by atoms with van der Waals surface area (Å²) >= 11 is 0. The summed E-state index contributed by atoms with van der Waals surface area (Å²) in [5.41, 5.74) is 0.598. The van der Waals surface area contributed by atoms with Gasteiger partial charge in [0.1, 0.15) is 5.82 Å². The van der Waals surface area contributed by atoms with E-state index in [1.165, 1.54) is 28.9 Å². The topological polar surface area (TPSA) is 93.6 Å². The highest BCUT2D eigenvalue weighted by molar-refractivity contribution is 6.22. The lowest BCUT2D eigenvalue weighted by molar-refractivity contribution is -0.747. The Morgan fingerprint density at radius 3 is 2.67 bits per heavy atom. The Balaban J connectivity index is 1.79. The predicted molar refractivity (Wildman–Crippen MR) is 75.9 cm³/mol. The predicted octanol–water partition coefficient (Wildman–Crippen LogP) is -0.524. The van der Waals surface area contributed by atoms with Crippen LogP contribution in [-0.4, -0.2) is 35.1 Å². The number of aryl methyl sites for hydroxylation is 1. The normalized spacial score (nSPS) is 18.0. The Kier molecular flexibility index (Phi) is 4.02. The summed E-state index contributed by atoms with van der Waals surface area (Å²) < 4.78 is 18.8. The first-order valence-corrected chi connectivity index (χ1v) is 7.23. The standard InChI is InChI=1S/C15H15FN4O4/c1-18(8-12-15(23)24-17-19(12)2)11-7-13(21)20(14(11)22)10-5-3-9(16)4-6-10/h3-6,11H,7-8H2,1-2H3. The molecular weight excluding hydrogens is 319 g/mol. The lowest BCUT2D eigenvalue weighted by Crippen LogP contribution is -2.43. The molecule has 2 heterocycles. The highest BCUT2D eigenvalue weighted by atomic mass is 19.1. The molecule has 1 aromatic heterocycles. The van der Waals surface area contributed by atoms with Gasteiger partial charge in [0.2, 0.25) is 11.6 Å². The van der Waals surface area contributed by atoms with E-state index < -0.39 is 23.7 Å². The van der Waals surface area contributed by atoms with Gasteiger partial charge in [0.05, 0.1) is 30.0 Å². The molecule has 0 bridgehead atoms. The van der Waals surface area contributed by atoms with Crippen molar-refractivity contribution in [3.8, 4) is 5.95 Å². The number of amides is 2. The van der Waals surface area contributed by atoms with Crippen LogP contribution in [0.5, 0.6) is 5.95 Å². The zero-order chi connectivity index (χ0) is 17.4. The molecule has 1 aliphatic heterocycles. The lowest BCUT2D eigenvalue weighted by Gasteiger charge is -2.21. The van der Waals surface area contributed by atoms with Crippen LogP contribution < -0.4 is 14.7 Å². The van der Waals surface area contributed by atoms with Crippen molar-refractivity contribution in [2.24, 2.45) is 7.05 Å². The van der Waals surface area contributed by atoms with Crippen molar-refractivity contribution in [3.63, 3.8) is 0 Å². The van der Waals surface area contributed by atoms with E-state index in [0.717, 1.165) is 4.90 Å². The van der Waals surface area contributed by atoms with Crippen molar-refractivity contribution in [2.75, 3.05) is 11.9 Å².